The Labute approximate surface area is 140 Å². The highest BCUT2D eigenvalue weighted by Crippen LogP contribution is 2.06. The number of thiol groups is 1. The van der Waals surface area contributed by atoms with Crippen LogP contribution in [0.15, 0.2) is 29.4 Å². The number of nitrogens with one attached hydrogen (secondary N) is 2. The van der Waals surface area contributed by atoms with Gasteiger partial charge in [0.2, 0.25) is 5.91 Å². The highest BCUT2D eigenvalue weighted by molar-refractivity contribution is 7.78. The van der Waals surface area contributed by atoms with Gasteiger partial charge in [-0.25, -0.2) is 11.0 Å². The fraction of sp³-hybridized carbons (Fsp3) is 0.357. The second kappa shape index (κ2) is 10.5. The van der Waals surface area contributed by atoms with Gasteiger partial charge in [0.1, 0.15) is 0 Å². The van der Waals surface area contributed by atoms with E-state index in [0.717, 1.165) is 9.98 Å². The highest BCUT2D eigenvalue weighted by Gasteiger charge is 2.08. The topological polar surface area (TPSA) is 120 Å². The molecule has 0 aliphatic heterocycles. The van der Waals surface area contributed by atoms with E-state index in [1.807, 2.05) is 0 Å². The molecule has 9 heteroatoms. The molecule has 0 atom stereocenters. The van der Waals surface area contributed by atoms with Gasteiger partial charge in [0, 0.05) is 18.5 Å². The van der Waals surface area contributed by atoms with Gasteiger partial charge < -0.3 is 5.73 Å². The third-order valence-corrected chi connectivity index (χ3v) is 3.27. The van der Waals surface area contributed by atoms with Gasteiger partial charge in [0.05, 0.1) is 6.21 Å². The number of nitrogen functional groups attached to an aromatic ring is 1. The molecule has 5 N–H and O–H groups in total. The lowest BCUT2D eigenvalue weighted by atomic mass is 10.1. The minimum absolute atomic E-state index is 0.227. The molecular formula is C14H21N5O3S. The first-order valence-electron chi connectivity index (χ1n) is 7.12. The smallest absolute Gasteiger partial charge is 0.252 e. The Hall–Kier alpha value is -2.26. The molecule has 0 saturated heterocycles. The molecule has 2 amide bonds. The lowest BCUT2D eigenvalue weighted by molar-refractivity contribution is -0.129. The van der Waals surface area contributed by atoms with Crippen LogP contribution < -0.4 is 16.7 Å². The number of unbranched alkanes of at least 4 members (excludes halogenated alkanes) is 2. The quantitative estimate of drug-likeness (QED) is 0.116. The van der Waals surface area contributed by atoms with Gasteiger partial charge in [-0.3, -0.25) is 14.8 Å². The summed E-state index contributed by atoms with van der Waals surface area (Å²) in [5.74, 6) is -0.653. The molecule has 1 aromatic carbocycles. The molecule has 0 radical (unpaired) electrons. The maximum atomic E-state index is 11.8. The minimum atomic E-state index is -0.425. The van der Waals surface area contributed by atoms with Crippen molar-refractivity contribution in [1.82, 2.24) is 15.4 Å². The first kappa shape index (κ1) is 18.8. The molecule has 0 aliphatic rings. The second-order valence-corrected chi connectivity index (χ2v) is 5.23. The van der Waals surface area contributed by atoms with E-state index in [1.54, 1.807) is 36.0 Å². The summed E-state index contributed by atoms with van der Waals surface area (Å²) in [6.45, 7) is 0. The summed E-state index contributed by atoms with van der Waals surface area (Å²) >= 11 is 4.00. The SMILES string of the molecule is Nc1ccc(/C=N/NN(S)C(=O)CCCCCC(=O)NO)cc1. The number of hydrogen-bond donors (Lipinski definition) is 5. The zero-order valence-electron chi connectivity index (χ0n) is 12.6. The van der Waals surface area contributed by atoms with Crippen LogP contribution in [0.4, 0.5) is 5.69 Å². The van der Waals surface area contributed by atoms with Crippen molar-refractivity contribution >= 4 is 36.5 Å². The third kappa shape index (κ3) is 8.07. The van der Waals surface area contributed by atoms with E-state index < -0.39 is 5.91 Å². The largest absolute Gasteiger partial charge is 0.399 e. The summed E-state index contributed by atoms with van der Waals surface area (Å²) in [6.07, 6.45) is 4.00. The molecule has 126 valence electrons. The summed E-state index contributed by atoms with van der Waals surface area (Å²) < 4.78 is 1.01. The van der Waals surface area contributed by atoms with Gasteiger partial charge in [0.25, 0.3) is 5.91 Å². The van der Waals surface area contributed by atoms with E-state index in [0.29, 0.717) is 24.9 Å². The van der Waals surface area contributed by atoms with Crippen LogP contribution in [0.5, 0.6) is 0 Å². The minimum Gasteiger partial charge on any atom is -0.399 e. The number of benzene rings is 1. The number of nitrogens with two attached hydrogens (primary N) is 1. The Morgan fingerprint density at radius 3 is 2.52 bits per heavy atom. The van der Waals surface area contributed by atoms with Crippen LogP contribution in [0.3, 0.4) is 0 Å². The van der Waals surface area contributed by atoms with Crippen LogP contribution in [0.1, 0.15) is 37.7 Å². The molecule has 0 aliphatic carbocycles. The number of amides is 2. The monoisotopic (exact) mass is 339 g/mol. The fourth-order valence-electron chi connectivity index (χ4n) is 1.70. The molecule has 0 bridgehead atoms. The molecule has 0 aromatic heterocycles. The number of hydrazine groups is 1. The van der Waals surface area contributed by atoms with Crippen molar-refractivity contribution in [2.24, 2.45) is 5.10 Å². The van der Waals surface area contributed by atoms with Crippen LogP contribution in [0.2, 0.25) is 0 Å². The predicted octanol–water partition coefficient (Wildman–Crippen LogP) is 1.24. The Balaban J connectivity index is 2.20. The summed E-state index contributed by atoms with van der Waals surface area (Å²) in [7, 11) is 0. The van der Waals surface area contributed by atoms with Gasteiger partial charge in [-0.1, -0.05) is 18.6 Å². The normalized spacial score (nSPS) is 10.5. The lowest BCUT2D eigenvalue weighted by Gasteiger charge is -2.13. The van der Waals surface area contributed by atoms with Gasteiger partial charge in [-0.15, -0.1) is 0 Å². The third-order valence-electron chi connectivity index (χ3n) is 2.96. The number of hydrogen-bond acceptors (Lipinski definition) is 7. The maximum absolute atomic E-state index is 11.8. The fourth-order valence-corrected chi connectivity index (χ4v) is 1.85. The number of rotatable bonds is 9. The lowest BCUT2D eigenvalue weighted by Crippen LogP contribution is -2.31. The first-order chi connectivity index (χ1) is 11.0. The number of hydroxylamine groups is 1. The standard InChI is InChI=1S/C14H21N5O3S/c15-12-8-6-11(7-9-12)10-16-18-19(23)14(21)5-3-1-2-4-13(20)17-22/h6-10,18,22-23H,1-5,15H2,(H,17,20)/b16-10+. The van der Waals surface area contributed by atoms with E-state index in [4.69, 9.17) is 10.9 Å². The maximum Gasteiger partial charge on any atom is 0.252 e. The van der Waals surface area contributed by atoms with E-state index in [9.17, 15) is 9.59 Å². The van der Waals surface area contributed by atoms with E-state index in [1.165, 1.54) is 0 Å². The van der Waals surface area contributed by atoms with Crippen molar-refractivity contribution in [3.8, 4) is 0 Å². The van der Waals surface area contributed by atoms with Gasteiger partial charge in [0.15, 0.2) is 0 Å². The Morgan fingerprint density at radius 1 is 1.22 bits per heavy atom. The van der Waals surface area contributed by atoms with Crippen molar-refractivity contribution in [3.05, 3.63) is 29.8 Å². The Bertz CT molecular complexity index is 536. The number of carbonyl (C=O) groups is 2. The number of anilines is 1. The molecule has 8 nitrogen and oxygen atoms in total. The second-order valence-electron chi connectivity index (χ2n) is 4.83. The van der Waals surface area contributed by atoms with Crippen LogP contribution in [-0.2, 0) is 9.59 Å². The van der Waals surface area contributed by atoms with Gasteiger partial charge >= 0.3 is 0 Å². The van der Waals surface area contributed by atoms with Crippen molar-refractivity contribution in [2.75, 3.05) is 5.73 Å². The van der Waals surface area contributed by atoms with Crippen molar-refractivity contribution in [3.63, 3.8) is 0 Å². The molecule has 0 spiro atoms. The van der Waals surface area contributed by atoms with Gasteiger partial charge in [-0.2, -0.15) is 9.52 Å². The summed E-state index contributed by atoms with van der Waals surface area (Å²) in [4.78, 5) is 22.6. The first-order valence-corrected chi connectivity index (χ1v) is 7.52. The van der Waals surface area contributed by atoms with E-state index in [-0.39, 0.29) is 18.7 Å². The average molecular weight is 339 g/mol. The molecule has 0 unspecified atom stereocenters. The van der Waals surface area contributed by atoms with Crippen LogP contribution >= 0.6 is 12.8 Å². The Kier molecular flexibility index (Phi) is 8.55. The number of carbonyl (C=O) groups excluding carboxylic acids is 2. The van der Waals surface area contributed by atoms with E-state index in [2.05, 4.69) is 23.5 Å². The van der Waals surface area contributed by atoms with E-state index >= 15 is 0 Å². The van der Waals surface area contributed by atoms with Crippen LogP contribution in [0, 0.1) is 0 Å². The molecule has 0 heterocycles. The molecule has 0 saturated carbocycles. The molecular weight excluding hydrogens is 318 g/mol. The molecule has 0 fully saturated rings. The van der Waals surface area contributed by atoms with Crippen molar-refractivity contribution < 1.29 is 14.8 Å². The van der Waals surface area contributed by atoms with Crippen LogP contribution in [-0.4, -0.2) is 27.7 Å². The van der Waals surface area contributed by atoms with Crippen molar-refractivity contribution in [2.45, 2.75) is 32.1 Å². The number of hydrazone groups is 1. The highest BCUT2D eigenvalue weighted by atomic mass is 32.1. The van der Waals surface area contributed by atoms with Crippen molar-refractivity contribution in [1.29, 1.82) is 0 Å². The molecule has 1 aromatic rings. The molecule has 23 heavy (non-hydrogen) atoms. The summed E-state index contributed by atoms with van der Waals surface area (Å²) in [5.41, 5.74) is 11.1. The summed E-state index contributed by atoms with van der Waals surface area (Å²) in [6, 6.07) is 7.10. The van der Waals surface area contributed by atoms with Crippen LogP contribution in [0.25, 0.3) is 0 Å². The predicted molar refractivity (Wildman–Crippen MR) is 90.4 cm³/mol. The summed E-state index contributed by atoms with van der Waals surface area (Å²) in [5, 5.41) is 12.2. The zero-order chi connectivity index (χ0) is 17.1. The zero-order valence-corrected chi connectivity index (χ0v) is 13.5. The Morgan fingerprint density at radius 2 is 1.87 bits per heavy atom. The number of nitrogens with zero attached hydrogens (tertiary/aromatic N) is 2. The van der Waals surface area contributed by atoms with Gasteiger partial charge in [-0.05, 0) is 43.4 Å². The average Bonchev–Trinajstić information content (AvgIpc) is 2.55. The molecule has 1 rings (SSSR count).